The van der Waals surface area contributed by atoms with Crippen LogP contribution in [0.2, 0.25) is 0 Å². The molecule has 1 aliphatic rings. The first-order chi connectivity index (χ1) is 11.6. The van der Waals surface area contributed by atoms with E-state index in [4.69, 9.17) is 0 Å². The van der Waals surface area contributed by atoms with E-state index in [0.29, 0.717) is 23.6 Å². The van der Waals surface area contributed by atoms with Gasteiger partial charge in [0.05, 0.1) is 0 Å². The summed E-state index contributed by atoms with van der Waals surface area (Å²) in [6.45, 7) is 3.29. The number of benzene rings is 1. The van der Waals surface area contributed by atoms with Crippen LogP contribution in [0.1, 0.15) is 33.0 Å². The van der Waals surface area contributed by atoms with Gasteiger partial charge in [0, 0.05) is 41.3 Å². The maximum atomic E-state index is 12.4. The van der Waals surface area contributed by atoms with Crippen molar-refractivity contribution in [1.82, 2.24) is 20.1 Å². The van der Waals surface area contributed by atoms with Crippen molar-refractivity contribution in [3.8, 4) is 0 Å². The topological polar surface area (TPSA) is 91.8 Å². The van der Waals surface area contributed by atoms with Gasteiger partial charge in [-0.05, 0) is 31.5 Å². The Morgan fingerprint density at radius 1 is 1.29 bits per heavy atom. The van der Waals surface area contributed by atoms with Crippen LogP contribution >= 0.6 is 0 Å². The highest BCUT2D eigenvalue weighted by Gasteiger charge is 2.19. The molecule has 3 aromatic rings. The van der Waals surface area contributed by atoms with E-state index in [9.17, 15) is 9.59 Å². The van der Waals surface area contributed by atoms with Crippen LogP contribution in [0.3, 0.4) is 0 Å². The van der Waals surface area contributed by atoms with E-state index in [0.717, 1.165) is 29.6 Å². The monoisotopic (exact) mass is 323 g/mol. The molecule has 3 N–H and O–H groups in total. The van der Waals surface area contributed by atoms with E-state index in [2.05, 4.69) is 20.8 Å². The highest BCUT2D eigenvalue weighted by atomic mass is 16.2. The molecule has 2 amide bonds. The largest absolute Gasteiger partial charge is 0.351 e. The van der Waals surface area contributed by atoms with E-state index in [1.54, 1.807) is 12.1 Å². The smallest absolute Gasteiger partial charge is 0.267 e. The molecule has 1 aromatic carbocycles. The van der Waals surface area contributed by atoms with Gasteiger partial charge in [0.15, 0.2) is 5.82 Å². The molecule has 0 aliphatic carbocycles. The third-order valence-electron chi connectivity index (χ3n) is 4.19. The predicted molar refractivity (Wildman–Crippen MR) is 90.2 cm³/mol. The molecule has 0 atom stereocenters. The van der Waals surface area contributed by atoms with E-state index in [1.807, 2.05) is 29.7 Å². The second-order valence-corrected chi connectivity index (χ2v) is 5.95. The Kier molecular flexibility index (Phi) is 3.34. The number of amides is 2. The van der Waals surface area contributed by atoms with Gasteiger partial charge in [-0.3, -0.25) is 14.7 Å². The van der Waals surface area contributed by atoms with Crippen molar-refractivity contribution in [2.75, 3.05) is 11.9 Å². The Morgan fingerprint density at radius 3 is 2.96 bits per heavy atom. The highest BCUT2D eigenvalue weighted by Crippen LogP contribution is 2.23. The van der Waals surface area contributed by atoms with Gasteiger partial charge >= 0.3 is 0 Å². The number of nitrogens with one attached hydrogen (secondary N) is 3. The van der Waals surface area contributed by atoms with Crippen molar-refractivity contribution in [2.45, 2.75) is 19.9 Å². The Bertz CT molecular complexity index is 953. The first kappa shape index (κ1) is 14.5. The van der Waals surface area contributed by atoms with Crippen LogP contribution in [-0.2, 0) is 6.54 Å². The molecule has 7 heteroatoms. The number of rotatable bonds is 2. The molecule has 2 aromatic heterocycles. The fraction of sp³-hybridized carbons (Fsp3) is 0.235. The maximum Gasteiger partial charge on any atom is 0.267 e. The lowest BCUT2D eigenvalue weighted by atomic mass is 10.1. The van der Waals surface area contributed by atoms with Gasteiger partial charge in [-0.25, -0.2) is 0 Å². The van der Waals surface area contributed by atoms with Crippen molar-refractivity contribution in [3.63, 3.8) is 0 Å². The Hall–Kier alpha value is -3.09. The number of aryl methyl sites for hydroxylation is 2. The van der Waals surface area contributed by atoms with Crippen molar-refractivity contribution in [1.29, 1.82) is 0 Å². The summed E-state index contributed by atoms with van der Waals surface area (Å²) in [6, 6.07) is 9.09. The molecule has 0 spiro atoms. The zero-order chi connectivity index (χ0) is 16.7. The minimum Gasteiger partial charge on any atom is -0.351 e. The van der Waals surface area contributed by atoms with Gasteiger partial charge in [0.25, 0.3) is 11.8 Å². The van der Waals surface area contributed by atoms with E-state index >= 15 is 0 Å². The second-order valence-electron chi connectivity index (χ2n) is 5.95. The summed E-state index contributed by atoms with van der Waals surface area (Å²) < 4.78 is 1.98. The Balaban J connectivity index is 1.71. The summed E-state index contributed by atoms with van der Waals surface area (Å²) in [5.74, 6) is 0.199. The fourth-order valence-corrected chi connectivity index (χ4v) is 3.02. The number of H-pyrrole nitrogens is 1. The van der Waals surface area contributed by atoms with Gasteiger partial charge in [-0.2, -0.15) is 5.10 Å². The van der Waals surface area contributed by atoms with Gasteiger partial charge in [0.2, 0.25) is 0 Å². The van der Waals surface area contributed by atoms with Gasteiger partial charge in [-0.1, -0.05) is 6.07 Å². The number of fused-ring (bicyclic) bond motifs is 3. The minimum absolute atomic E-state index is 0.0679. The van der Waals surface area contributed by atoms with Gasteiger partial charge < -0.3 is 15.2 Å². The molecule has 0 saturated carbocycles. The summed E-state index contributed by atoms with van der Waals surface area (Å²) in [6.07, 6.45) is 0.867. The average Bonchev–Trinajstić information content (AvgIpc) is 3.09. The summed E-state index contributed by atoms with van der Waals surface area (Å²) in [4.78, 5) is 24.6. The summed E-state index contributed by atoms with van der Waals surface area (Å²) >= 11 is 0. The van der Waals surface area contributed by atoms with Crippen LogP contribution in [0.25, 0.3) is 10.9 Å². The second kappa shape index (κ2) is 5.52. The van der Waals surface area contributed by atoms with Gasteiger partial charge in [0.1, 0.15) is 5.69 Å². The molecular weight excluding hydrogens is 306 g/mol. The summed E-state index contributed by atoms with van der Waals surface area (Å²) in [5, 5.41) is 13.4. The van der Waals surface area contributed by atoms with Crippen LogP contribution < -0.4 is 10.6 Å². The number of hydrogen-bond donors (Lipinski definition) is 3. The zero-order valence-electron chi connectivity index (χ0n) is 13.2. The lowest BCUT2D eigenvalue weighted by Crippen LogP contribution is -2.22. The number of anilines is 1. The van der Waals surface area contributed by atoms with E-state index in [1.165, 1.54) is 0 Å². The van der Waals surface area contributed by atoms with Crippen molar-refractivity contribution >= 4 is 28.5 Å². The van der Waals surface area contributed by atoms with Crippen molar-refractivity contribution < 1.29 is 9.59 Å². The number of carbonyl (C=O) groups is 2. The Morgan fingerprint density at radius 2 is 2.17 bits per heavy atom. The molecular formula is C17H17N5O2. The molecule has 4 rings (SSSR count). The van der Waals surface area contributed by atoms with Crippen LogP contribution in [0.15, 0.2) is 30.3 Å². The number of aromatic amines is 1. The molecule has 0 fully saturated rings. The first-order valence-electron chi connectivity index (χ1n) is 7.87. The number of aromatic nitrogens is 3. The zero-order valence-corrected chi connectivity index (χ0v) is 13.2. The molecule has 0 radical (unpaired) electrons. The minimum atomic E-state index is -0.225. The van der Waals surface area contributed by atoms with Crippen molar-refractivity contribution in [3.05, 3.63) is 47.3 Å². The third kappa shape index (κ3) is 2.44. The molecule has 0 saturated heterocycles. The quantitative estimate of drug-likeness (QED) is 0.674. The normalized spacial score (nSPS) is 14.1. The SMILES string of the molecule is Cc1cc(NC(=O)c2ccc3cc4n(c3c2)CCCNC4=O)n[nH]1. The van der Waals surface area contributed by atoms with Gasteiger partial charge in [-0.15, -0.1) is 0 Å². The Labute approximate surface area is 138 Å². The molecule has 0 unspecified atom stereocenters. The lowest BCUT2D eigenvalue weighted by molar-refractivity contribution is 0.0950. The number of carbonyl (C=O) groups excluding carboxylic acids is 2. The van der Waals surface area contributed by atoms with E-state index in [-0.39, 0.29) is 11.8 Å². The fourth-order valence-electron chi connectivity index (χ4n) is 3.02. The number of nitrogens with zero attached hydrogens (tertiary/aromatic N) is 2. The predicted octanol–water partition coefficient (Wildman–Crippen LogP) is 2.06. The highest BCUT2D eigenvalue weighted by molar-refractivity contribution is 6.07. The third-order valence-corrected chi connectivity index (χ3v) is 4.19. The maximum absolute atomic E-state index is 12.4. The molecule has 7 nitrogen and oxygen atoms in total. The molecule has 122 valence electrons. The van der Waals surface area contributed by atoms with E-state index < -0.39 is 0 Å². The molecule has 3 heterocycles. The van der Waals surface area contributed by atoms with Crippen LogP contribution in [0.5, 0.6) is 0 Å². The number of hydrogen-bond acceptors (Lipinski definition) is 3. The molecule has 0 bridgehead atoms. The molecule has 24 heavy (non-hydrogen) atoms. The first-order valence-corrected chi connectivity index (χ1v) is 7.87. The van der Waals surface area contributed by atoms with Crippen LogP contribution in [0, 0.1) is 6.92 Å². The summed E-state index contributed by atoms with van der Waals surface area (Å²) in [5.41, 5.74) is 2.95. The van der Waals surface area contributed by atoms with Crippen LogP contribution in [-0.4, -0.2) is 33.1 Å². The molecule has 1 aliphatic heterocycles. The van der Waals surface area contributed by atoms with Crippen LogP contribution in [0.4, 0.5) is 5.82 Å². The standard InChI is InChI=1S/C17H17N5O2/c1-10-7-15(21-20-10)19-16(23)12-4-3-11-8-14-17(24)18-5-2-6-22(14)13(11)9-12/h3-4,7-9H,2,5-6H2,1H3,(H,18,24)(H2,19,20,21,23). The van der Waals surface area contributed by atoms with Crippen molar-refractivity contribution in [2.24, 2.45) is 0 Å². The lowest BCUT2D eigenvalue weighted by Gasteiger charge is -2.06. The summed E-state index contributed by atoms with van der Waals surface area (Å²) in [7, 11) is 0. The average molecular weight is 323 g/mol.